The van der Waals surface area contributed by atoms with Crippen molar-refractivity contribution in [3.63, 3.8) is 0 Å². The van der Waals surface area contributed by atoms with Crippen molar-refractivity contribution < 1.29 is 0 Å². The van der Waals surface area contributed by atoms with Crippen molar-refractivity contribution in [3.05, 3.63) is 23.0 Å². The highest BCUT2D eigenvalue weighted by molar-refractivity contribution is 6.35. The molecule has 2 aromatic heterocycles. The fourth-order valence-corrected chi connectivity index (χ4v) is 2.05. The molecule has 0 amide bonds. The average molecular weight is 208 g/mol. The van der Waals surface area contributed by atoms with Gasteiger partial charge in [0.05, 0.1) is 16.1 Å². The summed E-state index contributed by atoms with van der Waals surface area (Å²) in [5.41, 5.74) is 2.01. The minimum absolute atomic E-state index is 0.611. The van der Waals surface area contributed by atoms with E-state index in [4.69, 9.17) is 11.6 Å². The van der Waals surface area contributed by atoms with Crippen LogP contribution in [-0.2, 0) is 7.05 Å². The smallest absolute Gasteiger partial charge is 0.159 e. The molecular formula is C10H10ClN3. The first-order valence-corrected chi connectivity index (χ1v) is 5.12. The Balaban J connectivity index is 2.39. The van der Waals surface area contributed by atoms with Crippen molar-refractivity contribution in [1.29, 1.82) is 0 Å². The number of pyridine rings is 1. The molecule has 3 nitrogen and oxygen atoms in total. The van der Waals surface area contributed by atoms with Crippen LogP contribution in [0.3, 0.4) is 0 Å². The van der Waals surface area contributed by atoms with E-state index in [0.29, 0.717) is 5.92 Å². The van der Waals surface area contributed by atoms with Crippen molar-refractivity contribution in [3.8, 4) is 0 Å². The summed E-state index contributed by atoms with van der Waals surface area (Å²) in [6.45, 7) is 0. The first-order valence-electron chi connectivity index (χ1n) is 4.74. The van der Waals surface area contributed by atoms with Gasteiger partial charge in [-0.2, -0.15) is 5.10 Å². The fourth-order valence-electron chi connectivity index (χ4n) is 1.81. The molecule has 1 fully saturated rings. The molecule has 0 saturated heterocycles. The van der Waals surface area contributed by atoms with Gasteiger partial charge in [-0.3, -0.25) is 4.68 Å². The molecule has 2 heterocycles. The number of hydrogen-bond acceptors (Lipinski definition) is 2. The zero-order valence-corrected chi connectivity index (χ0v) is 8.62. The number of aryl methyl sites for hydroxylation is 1. The summed E-state index contributed by atoms with van der Waals surface area (Å²) in [5.74, 6) is 0.611. The van der Waals surface area contributed by atoms with Crippen LogP contribution in [0.1, 0.15) is 24.5 Å². The van der Waals surface area contributed by atoms with E-state index in [-0.39, 0.29) is 0 Å². The second-order valence-electron chi connectivity index (χ2n) is 3.77. The van der Waals surface area contributed by atoms with Crippen LogP contribution in [0.4, 0.5) is 0 Å². The van der Waals surface area contributed by atoms with Crippen LogP contribution in [0.5, 0.6) is 0 Å². The summed E-state index contributed by atoms with van der Waals surface area (Å²) in [7, 11) is 1.91. The van der Waals surface area contributed by atoms with Crippen LogP contribution in [-0.4, -0.2) is 14.8 Å². The molecule has 0 unspecified atom stereocenters. The SMILES string of the molecule is Cn1nc(C2CC2)c2c(Cl)ccnc21. The molecule has 0 aliphatic heterocycles. The van der Waals surface area contributed by atoms with E-state index in [0.717, 1.165) is 21.7 Å². The van der Waals surface area contributed by atoms with Gasteiger partial charge in [0.2, 0.25) is 0 Å². The maximum atomic E-state index is 6.15. The third kappa shape index (κ3) is 1.05. The van der Waals surface area contributed by atoms with Gasteiger partial charge in [-0.15, -0.1) is 0 Å². The summed E-state index contributed by atoms with van der Waals surface area (Å²) < 4.78 is 1.81. The fraction of sp³-hybridized carbons (Fsp3) is 0.400. The summed E-state index contributed by atoms with van der Waals surface area (Å²) in [5, 5.41) is 6.29. The van der Waals surface area contributed by atoms with Crippen LogP contribution >= 0.6 is 11.6 Å². The topological polar surface area (TPSA) is 30.7 Å². The molecule has 1 aliphatic carbocycles. The van der Waals surface area contributed by atoms with E-state index >= 15 is 0 Å². The first-order chi connectivity index (χ1) is 6.77. The number of rotatable bonds is 1. The van der Waals surface area contributed by atoms with Crippen molar-refractivity contribution >= 4 is 22.6 Å². The standard InChI is InChI=1S/C10H10ClN3/c1-14-10-8(7(11)4-5-12-10)9(13-14)6-2-3-6/h4-6H,2-3H2,1H3. The van der Waals surface area contributed by atoms with Gasteiger partial charge in [-0.1, -0.05) is 11.6 Å². The molecule has 1 saturated carbocycles. The molecule has 72 valence electrons. The molecule has 14 heavy (non-hydrogen) atoms. The Kier molecular flexibility index (Phi) is 1.59. The molecule has 0 aromatic carbocycles. The Morgan fingerprint density at radius 2 is 2.29 bits per heavy atom. The lowest BCUT2D eigenvalue weighted by Crippen LogP contribution is -1.91. The van der Waals surface area contributed by atoms with Crippen LogP contribution in [0.25, 0.3) is 11.0 Å². The van der Waals surface area contributed by atoms with Crippen molar-refractivity contribution in [2.24, 2.45) is 7.05 Å². The summed E-state index contributed by atoms with van der Waals surface area (Å²) >= 11 is 6.15. The van der Waals surface area contributed by atoms with Gasteiger partial charge in [-0.05, 0) is 18.9 Å². The Labute approximate surface area is 86.7 Å². The van der Waals surface area contributed by atoms with E-state index in [1.54, 1.807) is 6.20 Å². The number of fused-ring (bicyclic) bond motifs is 1. The van der Waals surface area contributed by atoms with Crippen LogP contribution in [0, 0.1) is 0 Å². The molecule has 0 N–H and O–H groups in total. The number of halogens is 1. The lowest BCUT2D eigenvalue weighted by atomic mass is 10.2. The zero-order valence-electron chi connectivity index (χ0n) is 7.87. The predicted molar refractivity (Wildman–Crippen MR) is 55.5 cm³/mol. The van der Waals surface area contributed by atoms with E-state index in [2.05, 4.69) is 10.1 Å². The summed E-state index contributed by atoms with van der Waals surface area (Å²) in [4.78, 5) is 4.29. The van der Waals surface area contributed by atoms with Gasteiger partial charge in [0.1, 0.15) is 0 Å². The van der Waals surface area contributed by atoms with Crippen LogP contribution in [0.15, 0.2) is 12.3 Å². The van der Waals surface area contributed by atoms with Gasteiger partial charge >= 0.3 is 0 Å². The summed E-state index contributed by atoms with van der Waals surface area (Å²) in [6, 6.07) is 1.83. The molecule has 1 aliphatic rings. The lowest BCUT2D eigenvalue weighted by molar-refractivity contribution is 0.759. The average Bonchev–Trinajstić information content (AvgIpc) is 2.94. The third-order valence-corrected chi connectivity index (χ3v) is 2.98. The van der Waals surface area contributed by atoms with Crippen LogP contribution in [0.2, 0.25) is 5.02 Å². The number of aromatic nitrogens is 3. The monoisotopic (exact) mass is 207 g/mol. The van der Waals surface area contributed by atoms with E-state index < -0.39 is 0 Å². The Bertz CT molecular complexity index is 499. The second kappa shape index (κ2) is 2.70. The zero-order chi connectivity index (χ0) is 9.71. The molecule has 0 atom stereocenters. The molecule has 3 rings (SSSR count). The Morgan fingerprint density at radius 1 is 1.50 bits per heavy atom. The van der Waals surface area contributed by atoms with Crippen molar-refractivity contribution in [1.82, 2.24) is 14.8 Å². The van der Waals surface area contributed by atoms with E-state index in [1.807, 2.05) is 17.8 Å². The maximum Gasteiger partial charge on any atom is 0.159 e. The summed E-state index contributed by atoms with van der Waals surface area (Å²) in [6.07, 6.45) is 4.19. The number of nitrogens with zero attached hydrogens (tertiary/aromatic N) is 3. The lowest BCUT2D eigenvalue weighted by Gasteiger charge is -1.94. The quantitative estimate of drug-likeness (QED) is 0.720. The Hall–Kier alpha value is -1.09. The molecular weight excluding hydrogens is 198 g/mol. The van der Waals surface area contributed by atoms with Crippen molar-refractivity contribution in [2.75, 3.05) is 0 Å². The second-order valence-corrected chi connectivity index (χ2v) is 4.18. The molecule has 4 heteroatoms. The highest BCUT2D eigenvalue weighted by atomic mass is 35.5. The Morgan fingerprint density at radius 3 is 3.00 bits per heavy atom. The molecule has 2 aromatic rings. The van der Waals surface area contributed by atoms with Gasteiger partial charge in [-0.25, -0.2) is 4.98 Å². The van der Waals surface area contributed by atoms with E-state index in [1.165, 1.54) is 12.8 Å². The van der Waals surface area contributed by atoms with Gasteiger partial charge < -0.3 is 0 Å². The molecule has 0 radical (unpaired) electrons. The third-order valence-electron chi connectivity index (χ3n) is 2.66. The largest absolute Gasteiger partial charge is 0.250 e. The number of hydrogen-bond donors (Lipinski definition) is 0. The molecule has 0 spiro atoms. The first kappa shape index (κ1) is 8.24. The molecule has 0 bridgehead atoms. The minimum atomic E-state index is 0.611. The van der Waals surface area contributed by atoms with Crippen molar-refractivity contribution in [2.45, 2.75) is 18.8 Å². The van der Waals surface area contributed by atoms with E-state index in [9.17, 15) is 0 Å². The van der Waals surface area contributed by atoms with Gasteiger partial charge in [0, 0.05) is 19.2 Å². The van der Waals surface area contributed by atoms with Gasteiger partial charge in [0.25, 0.3) is 0 Å². The highest BCUT2D eigenvalue weighted by Crippen LogP contribution is 2.43. The highest BCUT2D eigenvalue weighted by Gasteiger charge is 2.29. The predicted octanol–water partition coefficient (Wildman–Crippen LogP) is 2.50. The van der Waals surface area contributed by atoms with Gasteiger partial charge in [0.15, 0.2) is 5.65 Å². The normalized spacial score (nSPS) is 16.4. The minimum Gasteiger partial charge on any atom is -0.250 e. The van der Waals surface area contributed by atoms with Crippen LogP contribution < -0.4 is 0 Å². The maximum absolute atomic E-state index is 6.15.